The van der Waals surface area contributed by atoms with Gasteiger partial charge < -0.3 is 4.43 Å². The molecule has 0 bridgehead atoms. The molecule has 0 N–H and O–H groups in total. The van der Waals surface area contributed by atoms with Gasteiger partial charge in [-0.2, -0.15) is 0 Å². The molecule has 0 saturated heterocycles. The number of hydrogen-bond donors (Lipinski definition) is 0. The van der Waals surface area contributed by atoms with E-state index in [0.29, 0.717) is 17.9 Å². The summed E-state index contributed by atoms with van der Waals surface area (Å²) in [5.74, 6) is 1.19. The van der Waals surface area contributed by atoms with E-state index >= 15 is 0 Å². The predicted octanol–water partition coefficient (Wildman–Crippen LogP) is 4.90. The van der Waals surface area contributed by atoms with Crippen LogP contribution in [0.4, 0.5) is 0 Å². The van der Waals surface area contributed by atoms with Crippen LogP contribution in [0.25, 0.3) is 0 Å². The van der Waals surface area contributed by atoms with Crippen LogP contribution < -0.4 is 0 Å². The molecule has 2 aliphatic rings. The van der Waals surface area contributed by atoms with Gasteiger partial charge in [-0.05, 0) is 35.7 Å². The SMILES string of the molecule is CC(C)(C)[Si](C)(C)O[C@@H]1Cc2ccccc2[C@@H]2C=C[C@H]12. The van der Waals surface area contributed by atoms with Gasteiger partial charge in [0.05, 0.1) is 6.10 Å². The van der Waals surface area contributed by atoms with E-state index in [-0.39, 0.29) is 5.04 Å². The van der Waals surface area contributed by atoms with Crippen LogP contribution in [0.2, 0.25) is 18.1 Å². The summed E-state index contributed by atoms with van der Waals surface area (Å²) < 4.78 is 6.72. The normalized spacial score (nSPS) is 28.6. The highest BCUT2D eigenvalue weighted by atomic mass is 28.4. The Morgan fingerprint density at radius 2 is 1.80 bits per heavy atom. The zero-order valence-corrected chi connectivity index (χ0v) is 14.3. The first kappa shape index (κ1) is 14.1. The zero-order chi connectivity index (χ0) is 14.5. The van der Waals surface area contributed by atoms with E-state index in [2.05, 4.69) is 70.3 Å². The maximum atomic E-state index is 6.72. The van der Waals surface area contributed by atoms with Crippen molar-refractivity contribution in [1.82, 2.24) is 0 Å². The van der Waals surface area contributed by atoms with Gasteiger partial charge in [0.2, 0.25) is 0 Å². The van der Waals surface area contributed by atoms with E-state index in [1.165, 1.54) is 11.1 Å². The van der Waals surface area contributed by atoms with E-state index < -0.39 is 8.32 Å². The lowest BCUT2D eigenvalue weighted by Crippen LogP contribution is -2.49. The minimum atomic E-state index is -1.68. The van der Waals surface area contributed by atoms with Gasteiger partial charge in [0.1, 0.15) is 0 Å². The van der Waals surface area contributed by atoms with Crippen LogP contribution in [0, 0.1) is 5.92 Å². The standard InChI is InChI=1S/C18H26OSi/c1-18(2,3)20(4,5)19-17-12-13-8-6-7-9-14(13)15-10-11-16(15)17/h6-11,15-17H,12H2,1-5H3/t15-,16-,17+/m0/s1. The molecule has 0 heterocycles. The zero-order valence-electron chi connectivity index (χ0n) is 13.3. The molecule has 0 aromatic heterocycles. The average molecular weight is 286 g/mol. The minimum Gasteiger partial charge on any atom is -0.413 e. The highest BCUT2D eigenvalue weighted by Gasteiger charge is 2.45. The number of benzene rings is 1. The Labute approximate surface area is 124 Å². The molecule has 1 nitrogen and oxygen atoms in total. The van der Waals surface area contributed by atoms with Gasteiger partial charge in [0.25, 0.3) is 0 Å². The highest BCUT2D eigenvalue weighted by Crippen LogP contribution is 2.47. The van der Waals surface area contributed by atoms with Crippen LogP contribution in [0.15, 0.2) is 36.4 Å². The van der Waals surface area contributed by atoms with Gasteiger partial charge in [-0.3, -0.25) is 0 Å². The average Bonchev–Trinajstić information content (AvgIpc) is 2.27. The third-order valence-corrected chi connectivity index (χ3v) is 9.98. The third kappa shape index (κ3) is 2.19. The number of hydrogen-bond acceptors (Lipinski definition) is 1. The Hall–Kier alpha value is -0.863. The van der Waals surface area contributed by atoms with Crippen LogP contribution in [-0.2, 0) is 10.8 Å². The molecule has 3 atom stereocenters. The molecule has 2 heteroatoms. The Bertz CT molecular complexity index is 539. The number of rotatable bonds is 2. The number of fused-ring (bicyclic) bond motifs is 3. The van der Waals surface area contributed by atoms with Crippen molar-refractivity contribution < 1.29 is 4.43 Å². The van der Waals surface area contributed by atoms with Gasteiger partial charge in [-0.1, -0.05) is 57.2 Å². The monoisotopic (exact) mass is 286 g/mol. The lowest BCUT2D eigenvalue weighted by atomic mass is 9.67. The van der Waals surface area contributed by atoms with Gasteiger partial charge in [-0.25, -0.2) is 0 Å². The lowest BCUT2D eigenvalue weighted by molar-refractivity contribution is 0.114. The molecule has 1 aromatic rings. The Morgan fingerprint density at radius 3 is 2.40 bits per heavy atom. The first-order valence-corrected chi connectivity index (χ1v) is 10.6. The molecule has 0 spiro atoms. The van der Waals surface area contributed by atoms with Gasteiger partial charge in [0, 0.05) is 11.8 Å². The maximum absolute atomic E-state index is 6.72. The molecule has 0 aliphatic heterocycles. The maximum Gasteiger partial charge on any atom is 0.192 e. The summed E-state index contributed by atoms with van der Waals surface area (Å²) >= 11 is 0. The Morgan fingerprint density at radius 1 is 1.10 bits per heavy atom. The van der Waals surface area contributed by atoms with Crippen molar-refractivity contribution in [2.45, 2.75) is 57.3 Å². The van der Waals surface area contributed by atoms with Crippen LogP contribution in [0.3, 0.4) is 0 Å². The topological polar surface area (TPSA) is 9.23 Å². The first-order chi connectivity index (χ1) is 9.29. The van der Waals surface area contributed by atoms with E-state index in [1.807, 2.05) is 0 Å². The van der Waals surface area contributed by atoms with Crippen LogP contribution in [0.1, 0.15) is 37.8 Å². The van der Waals surface area contributed by atoms with E-state index in [9.17, 15) is 0 Å². The summed E-state index contributed by atoms with van der Waals surface area (Å²) in [6.45, 7) is 11.7. The molecule has 0 radical (unpaired) electrons. The Kier molecular flexibility index (Phi) is 3.22. The third-order valence-electron chi connectivity index (χ3n) is 5.47. The molecule has 0 fully saturated rings. The summed E-state index contributed by atoms with van der Waals surface area (Å²) in [7, 11) is -1.68. The van der Waals surface area contributed by atoms with Crippen molar-refractivity contribution in [3.8, 4) is 0 Å². The summed E-state index contributed by atoms with van der Waals surface area (Å²) in [5.41, 5.74) is 3.01. The van der Waals surface area contributed by atoms with E-state index in [0.717, 1.165) is 6.42 Å². The van der Waals surface area contributed by atoms with E-state index in [4.69, 9.17) is 4.43 Å². The molecule has 0 unspecified atom stereocenters. The fourth-order valence-electron chi connectivity index (χ4n) is 3.09. The molecule has 108 valence electrons. The van der Waals surface area contributed by atoms with Crippen molar-refractivity contribution in [2.75, 3.05) is 0 Å². The second kappa shape index (κ2) is 4.57. The summed E-state index contributed by atoms with van der Waals surface area (Å²) in [6.07, 6.45) is 6.16. The molecule has 20 heavy (non-hydrogen) atoms. The summed E-state index contributed by atoms with van der Waals surface area (Å²) in [5, 5.41) is 0.285. The summed E-state index contributed by atoms with van der Waals surface area (Å²) in [4.78, 5) is 0. The van der Waals surface area contributed by atoms with Gasteiger partial charge >= 0.3 is 0 Å². The Balaban J connectivity index is 1.86. The van der Waals surface area contributed by atoms with Crippen molar-refractivity contribution in [1.29, 1.82) is 0 Å². The molecule has 2 aliphatic carbocycles. The molecule has 1 aromatic carbocycles. The minimum absolute atomic E-state index is 0.285. The van der Waals surface area contributed by atoms with Crippen LogP contribution in [0.5, 0.6) is 0 Å². The van der Waals surface area contributed by atoms with Crippen molar-refractivity contribution in [3.05, 3.63) is 47.5 Å². The highest BCUT2D eigenvalue weighted by molar-refractivity contribution is 6.74. The quantitative estimate of drug-likeness (QED) is 0.555. The van der Waals surface area contributed by atoms with Crippen molar-refractivity contribution in [2.24, 2.45) is 5.92 Å². The first-order valence-electron chi connectivity index (χ1n) is 7.73. The van der Waals surface area contributed by atoms with Gasteiger partial charge in [0.15, 0.2) is 8.32 Å². The second-order valence-corrected chi connectivity index (χ2v) is 12.6. The van der Waals surface area contributed by atoms with Crippen molar-refractivity contribution in [3.63, 3.8) is 0 Å². The molecule has 0 amide bonds. The molecule has 0 saturated carbocycles. The fourth-order valence-corrected chi connectivity index (χ4v) is 4.44. The number of allylic oxidation sites excluding steroid dienone is 1. The smallest absolute Gasteiger partial charge is 0.192 e. The molecular weight excluding hydrogens is 260 g/mol. The van der Waals surface area contributed by atoms with Crippen LogP contribution >= 0.6 is 0 Å². The summed E-state index contributed by atoms with van der Waals surface area (Å²) in [6, 6.07) is 8.89. The van der Waals surface area contributed by atoms with Crippen molar-refractivity contribution >= 4 is 8.32 Å². The second-order valence-electron chi connectivity index (χ2n) is 7.81. The predicted molar refractivity (Wildman–Crippen MR) is 87.6 cm³/mol. The lowest BCUT2D eigenvalue weighted by Gasteiger charge is -2.47. The van der Waals surface area contributed by atoms with Gasteiger partial charge in [-0.15, -0.1) is 0 Å². The largest absolute Gasteiger partial charge is 0.413 e. The fraction of sp³-hybridized carbons (Fsp3) is 0.556. The van der Waals surface area contributed by atoms with Crippen LogP contribution in [-0.4, -0.2) is 14.4 Å². The molecule has 3 rings (SSSR count). The van der Waals surface area contributed by atoms with E-state index in [1.54, 1.807) is 0 Å². The molecular formula is C18H26OSi.